The van der Waals surface area contributed by atoms with Crippen molar-refractivity contribution >= 4 is 40.1 Å². The number of fused-ring (bicyclic) bond motifs is 1. The van der Waals surface area contributed by atoms with E-state index >= 15 is 0 Å². The second-order valence-electron chi connectivity index (χ2n) is 7.92. The normalized spacial score (nSPS) is 15.5. The van der Waals surface area contributed by atoms with Crippen LogP contribution in [0.15, 0.2) is 53.6 Å². The largest absolute Gasteiger partial charge is 0.494 e. The van der Waals surface area contributed by atoms with E-state index in [0.717, 1.165) is 28.0 Å². The Balaban J connectivity index is 1.73. The van der Waals surface area contributed by atoms with Crippen molar-refractivity contribution in [1.82, 2.24) is 9.99 Å². The molecule has 0 unspecified atom stereocenters. The molecule has 1 aliphatic heterocycles. The molecule has 0 saturated carbocycles. The summed E-state index contributed by atoms with van der Waals surface area (Å²) in [5.74, 6) is -0.683. The van der Waals surface area contributed by atoms with Crippen LogP contribution in [0.1, 0.15) is 48.9 Å². The number of carboxylic acids is 1. The number of amides is 1. The number of hydrazone groups is 1. The van der Waals surface area contributed by atoms with E-state index in [1.165, 1.54) is 5.01 Å². The third-order valence-electron chi connectivity index (χ3n) is 5.54. The molecule has 0 radical (unpaired) electrons. The number of ether oxygens (including phenoxy) is 1. The van der Waals surface area contributed by atoms with Crippen molar-refractivity contribution in [2.75, 3.05) is 6.61 Å². The molecule has 7 nitrogen and oxygen atoms in total. The van der Waals surface area contributed by atoms with Crippen LogP contribution in [0.2, 0.25) is 5.15 Å². The van der Waals surface area contributed by atoms with Gasteiger partial charge < -0.3 is 9.84 Å². The minimum Gasteiger partial charge on any atom is -0.494 e. The molecule has 0 saturated heterocycles. The molecule has 3 aromatic rings. The number of nitrogens with zero attached hydrogens (tertiary/aromatic N) is 3. The van der Waals surface area contributed by atoms with Crippen molar-refractivity contribution in [2.24, 2.45) is 5.10 Å². The summed E-state index contributed by atoms with van der Waals surface area (Å²) in [6.07, 6.45) is 0.0302. The van der Waals surface area contributed by atoms with Gasteiger partial charge in [0.25, 0.3) is 0 Å². The van der Waals surface area contributed by atoms with Crippen molar-refractivity contribution in [3.63, 3.8) is 0 Å². The number of aromatic nitrogens is 1. The zero-order valence-electron chi connectivity index (χ0n) is 18.4. The molecule has 1 N–H and O–H groups in total. The Kier molecular flexibility index (Phi) is 6.60. The number of aryl methyl sites for hydroxylation is 1. The van der Waals surface area contributed by atoms with Gasteiger partial charge in [-0.1, -0.05) is 41.4 Å². The maximum absolute atomic E-state index is 13.0. The average molecular weight is 466 g/mol. The summed E-state index contributed by atoms with van der Waals surface area (Å²) >= 11 is 6.57. The summed E-state index contributed by atoms with van der Waals surface area (Å²) < 4.78 is 5.60. The first kappa shape index (κ1) is 22.7. The number of pyridine rings is 1. The van der Waals surface area contributed by atoms with Gasteiger partial charge in [-0.05, 0) is 43.7 Å². The minimum atomic E-state index is -1.03. The van der Waals surface area contributed by atoms with Gasteiger partial charge in [0.15, 0.2) is 0 Å². The summed E-state index contributed by atoms with van der Waals surface area (Å²) in [4.78, 5) is 28.5. The number of aliphatic carboxylic acids is 1. The van der Waals surface area contributed by atoms with Gasteiger partial charge in [0.1, 0.15) is 10.9 Å². The van der Waals surface area contributed by atoms with Crippen LogP contribution >= 0.6 is 11.6 Å². The monoisotopic (exact) mass is 465 g/mol. The smallest absolute Gasteiger partial charge is 0.303 e. The molecule has 2 aromatic carbocycles. The highest BCUT2D eigenvalue weighted by Gasteiger charge is 2.35. The first-order valence-electron chi connectivity index (χ1n) is 10.8. The third-order valence-corrected chi connectivity index (χ3v) is 5.84. The van der Waals surface area contributed by atoms with Gasteiger partial charge >= 0.3 is 5.97 Å². The predicted octanol–water partition coefficient (Wildman–Crippen LogP) is 5.14. The molecule has 170 valence electrons. The van der Waals surface area contributed by atoms with Crippen LogP contribution < -0.4 is 4.74 Å². The average Bonchev–Trinajstić information content (AvgIpc) is 3.23. The number of hydrogen-bond donors (Lipinski definition) is 1. The maximum atomic E-state index is 13.0. The summed E-state index contributed by atoms with van der Waals surface area (Å²) in [5, 5.41) is 16.1. The van der Waals surface area contributed by atoms with E-state index in [1.54, 1.807) is 0 Å². The van der Waals surface area contributed by atoms with E-state index in [2.05, 4.69) is 10.1 Å². The highest BCUT2D eigenvalue weighted by molar-refractivity contribution is 6.30. The van der Waals surface area contributed by atoms with E-state index in [-0.39, 0.29) is 23.9 Å². The van der Waals surface area contributed by atoms with Gasteiger partial charge in [0, 0.05) is 23.8 Å². The maximum Gasteiger partial charge on any atom is 0.303 e. The van der Waals surface area contributed by atoms with Crippen LogP contribution in [0.3, 0.4) is 0 Å². The molecule has 1 atom stereocenters. The van der Waals surface area contributed by atoms with Gasteiger partial charge in [-0.25, -0.2) is 9.99 Å². The fraction of sp³-hybridized carbons (Fsp3) is 0.280. The van der Waals surface area contributed by atoms with Crippen molar-refractivity contribution in [3.8, 4) is 5.75 Å². The Labute approximate surface area is 196 Å². The topological polar surface area (TPSA) is 92.1 Å². The summed E-state index contributed by atoms with van der Waals surface area (Å²) in [6.45, 7) is 4.46. The third kappa shape index (κ3) is 4.98. The van der Waals surface area contributed by atoms with E-state index in [1.807, 2.05) is 62.4 Å². The van der Waals surface area contributed by atoms with Crippen LogP contribution in [-0.4, -0.2) is 39.3 Å². The Bertz CT molecular complexity index is 1240. The molecule has 4 rings (SSSR count). The zero-order chi connectivity index (χ0) is 23.5. The van der Waals surface area contributed by atoms with Gasteiger partial charge in [-0.15, -0.1) is 0 Å². The van der Waals surface area contributed by atoms with Gasteiger partial charge in [0.2, 0.25) is 5.91 Å². The van der Waals surface area contributed by atoms with E-state index in [0.29, 0.717) is 24.1 Å². The Morgan fingerprint density at radius 3 is 2.61 bits per heavy atom. The fourth-order valence-corrected chi connectivity index (χ4v) is 4.14. The van der Waals surface area contributed by atoms with Crippen LogP contribution in [0.5, 0.6) is 5.75 Å². The molecular formula is C25H24ClN3O4. The SMILES string of the molecule is CCOc1ccc2nc(Cl)c([C@H]3CC(c4ccc(C)cc4)=NN3C(=O)CCC(=O)O)cc2c1. The highest BCUT2D eigenvalue weighted by atomic mass is 35.5. The Morgan fingerprint density at radius 2 is 1.91 bits per heavy atom. The van der Waals surface area contributed by atoms with Crippen LogP contribution in [0.4, 0.5) is 0 Å². The molecule has 1 amide bonds. The molecule has 33 heavy (non-hydrogen) atoms. The number of benzene rings is 2. The number of rotatable bonds is 7. The minimum absolute atomic E-state index is 0.149. The predicted molar refractivity (Wildman–Crippen MR) is 127 cm³/mol. The van der Waals surface area contributed by atoms with E-state index in [9.17, 15) is 9.59 Å². The Hall–Kier alpha value is -3.45. The molecule has 1 aromatic heterocycles. The molecule has 8 heteroatoms. The molecule has 0 spiro atoms. The Morgan fingerprint density at radius 1 is 1.15 bits per heavy atom. The van der Waals surface area contributed by atoms with Crippen molar-refractivity contribution in [1.29, 1.82) is 0 Å². The fourth-order valence-electron chi connectivity index (χ4n) is 3.87. The molecule has 0 fully saturated rings. The van der Waals surface area contributed by atoms with Gasteiger partial charge in [-0.2, -0.15) is 5.10 Å². The summed E-state index contributed by atoms with van der Waals surface area (Å²) in [5.41, 5.74) is 4.14. The van der Waals surface area contributed by atoms with E-state index < -0.39 is 12.0 Å². The summed E-state index contributed by atoms with van der Waals surface area (Å²) in [7, 11) is 0. The van der Waals surface area contributed by atoms with Crippen LogP contribution in [0, 0.1) is 6.92 Å². The molecule has 0 aliphatic carbocycles. The zero-order valence-corrected chi connectivity index (χ0v) is 19.2. The molecular weight excluding hydrogens is 442 g/mol. The second kappa shape index (κ2) is 9.58. The molecule has 0 bridgehead atoms. The van der Waals surface area contributed by atoms with Crippen molar-refractivity contribution < 1.29 is 19.4 Å². The second-order valence-corrected chi connectivity index (χ2v) is 8.28. The standard InChI is InChI=1S/C25H24ClN3O4/c1-3-33-18-8-9-20-17(12-18)13-19(25(26)27-20)22-14-21(16-6-4-15(2)5-7-16)28-29(22)23(30)10-11-24(31)32/h4-9,12-13,22H,3,10-11,14H2,1-2H3,(H,31,32)/t22-/m1/s1. The lowest BCUT2D eigenvalue weighted by atomic mass is 9.97. The van der Waals surface area contributed by atoms with E-state index in [4.69, 9.17) is 21.4 Å². The van der Waals surface area contributed by atoms with Crippen LogP contribution in [0.25, 0.3) is 10.9 Å². The molecule has 2 heterocycles. The highest BCUT2D eigenvalue weighted by Crippen LogP contribution is 2.38. The summed E-state index contributed by atoms with van der Waals surface area (Å²) in [6, 6.07) is 14.9. The van der Waals surface area contributed by atoms with Gasteiger partial charge in [-0.3, -0.25) is 9.59 Å². The number of carbonyl (C=O) groups is 2. The number of hydrogen-bond acceptors (Lipinski definition) is 5. The first-order chi connectivity index (χ1) is 15.9. The molecule has 1 aliphatic rings. The quantitative estimate of drug-likeness (QED) is 0.488. The lowest BCUT2D eigenvalue weighted by Gasteiger charge is -2.23. The first-order valence-corrected chi connectivity index (χ1v) is 11.1. The van der Waals surface area contributed by atoms with Gasteiger partial charge in [0.05, 0.1) is 30.3 Å². The number of halogens is 1. The lowest BCUT2D eigenvalue weighted by molar-refractivity contribution is -0.141. The number of carboxylic acid groups (broad SMARTS) is 1. The number of carbonyl (C=O) groups excluding carboxylic acids is 1. The van der Waals surface area contributed by atoms with Crippen LogP contribution in [-0.2, 0) is 9.59 Å². The van der Waals surface area contributed by atoms with Crippen molar-refractivity contribution in [2.45, 2.75) is 39.2 Å². The lowest BCUT2D eigenvalue weighted by Crippen LogP contribution is -2.27. The van der Waals surface area contributed by atoms with Crippen molar-refractivity contribution in [3.05, 3.63) is 70.4 Å².